The molecule has 0 aliphatic carbocycles. The van der Waals surface area contributed by atoms with Gasteiger partial charge in [-0.25, -0.2) is 8.98 Å². The maximum atomic E-state index is 8.88. The fourth-order valence-corrected chi connectivity index (χ4v) is 2.26. The first-order valence-electron chi connectivity index (χ1n) is 5.54. The average Bonchev–Trinajstić information content (AvgIpc) is 2.37. The fraction of sp³-hybridized carbons (Fsp3) is 0.455. The lowest BCUT2D eigenvalue weighted by Crippen LogP contribution is -2.16. The van der Waals surface area contributed by atoms with Gasteiger partial charge in [-0.15, -0.1) is 0 Å². The molecule has 1 atom stereocenters. The molecule has 1 aromatic rings. The van der Waals surface area contributed by atoms with E-state index in [1.165, 1.54) is 11.1 Å². The predicted octanol–water partition coefficient (Wildman–Crippen LogP) is 1.87. The summed E-state index contributed by atoms with van der Waals surface area (Å²) >= 11 is 6.04. The van der Waals surface area contributed by atoms with Crippen molar-refractivity contribution in [3.63, 3.8) is 0 Å². The smallest absolute Gasteiger partial charge is 0.303 e. The molecule has 1 aromatic carbocycles. The van der Waals surface area contributed by atoms with Crippen molar-refractivity contribution >= 4 is 19.6 Å². The van der Waals surface area contributed by atoms with E-state index in [-0.39, 0.29) is 0 Å². The van der Waals surface area contributed by atoms with Gasteiger partial charge in [-0.3, -0.25) is 0 Å². The van der Waals surface area contributed by atoms with Gasteiger partial charge in [-0.05, 0) is 35.2 Å². The minimum atomic E-state index is -4.64. The molecule has 3 N–H and O–H groups in total. The van der Waals surface area contributed by atoms with Crippen LogP contribution in [0.2, 0.25) is 0 Å². The Morgan fingerprint density at radius 3 is 2.50 bits per heavy atom. The fourth-order valence-electron chi connectivity index (χ4n) is 1.97. The van der Waals surface area contributed by atoms with Gasteiger partial charge >= 0.3 is 7.82 Å². The SMILES string of the molecule is CC1CN(Cl)CCc2ccccc21.O=P(O)(O)O. The summed E-state index contributed by atoms with van der Waals surface area (Å²) in [6.45, 7) is 4.15. The number of halogens is 1. The van der Waals surface area contributed by atoms with Gasteiger partial charge in [0.25, 0.3) is 0 Å². The lowest BCUT2D eigenvalue weighted by atomic mass is 9.96. The third-order valence-electron chi connectivity index (χ3n) is 2.68. The zero-order valence-electron chi connectivity index (χ0n) is 10.0. The van der Waals surface area contributed by atoms with E-state index in [1.807, 2.05) is 4.42 Å². The van der Waals surface area contributed by atoms with Gasteiger partial charge < -0.3 is 14.7 Å². The molecule has 0 amide bonds. The van der Waals surface area contributed by atoms with Crippen molar-refractivity contribution in [2.24, 2.45) is 0 Å². The second-order valence-electron chi connectivity index (χ2n) is 4.23. The van der Waals surface area contributed by atoms with Crippen LogP contribution in [0.15, 0.2) is 24.3 Å². The van der Waals surface area contributed by atoms with E-state index < -0.39 is 7.82 Å². The third kappa shape index (κ3) is 5.96. The largest absolute Gasteiger partial charge is 0.466 e. The first-order valence-corrected chi connectivity index (χ1v) is 7.44. The molecule has 102 valence electrons. The molecule has 0 fully saturated rings. The molecule has 1 heterocycles. The summed E-state index contributed by atoms with van der Waals surface area (Å²) in [7, 11) is -4.64. The highest BCUT2D eigenvalue weighted by Gasteiger charge is 2.17. The van der Waals surface area contributed by atoms with E-state index in [0.717, 1.165) is 19.5 Å². The third-order valence-corrected chi connectivity index (χ3v) is 2.99. The van der Waals surface area contributed by atoms with Gasteiger partial charge in [-0.2, -0.15) is 0 Å². The molecule has 0 aromatic heterocycles. The van der Waals surface area contributed by atoms with Crippen LogP contribution < -0.4 is 0 Å². The lowest BCUT2D eigenvalue weighted by Gasteiger charge is -2.14. The van der Waals surface area contributed by atoms with Gasteiger partial charge in [0.2, 0.25) is 0 Å². The standard InChI is InChI=1S/C11H14ClN.H3O4P/c1-9-8-13(12)7-6-10-4-2-3-5-11(9)10;1-5(2,3)4/h2-5,9H,6-8H2,1H3;(H3,1,2,3,4). The molecule has 0 bridgehead atoms. The Bertz CT molecular complexity index is 429. The van der Waals surface area contributed by atoms with E-state index in [9.17, 15) is 0 Å². The first-order chi connectivity index (χ1) is 8.27. The van der Waals surface area contributed by atoms with Crippen molar-refractivity contribution in [1.29, 1.82) is 0 Å². The predicted molar refractivity (Wildman–Crippen MR) is 70.2 cm³/mol. The van der Waals surface area contributed by atoms with Crippen molar-refractivity contribution in [3.8, 4) is 0 Å². The normalized spacial score (nSPS) is 20.4. The first kappa shape index (κ1) is 15.6. The number of phosphoric acid groups is 1. The summed E-state index contributed by atoms with van der Waals surface area (Å²) in [5.74, 6) is 0.552. The second kappa shape index (κ2) is 6.66. The Morgan fingerprint density at radius 1 is 1.33 bits per heavy atom. The summed E-state index contributed by atoms with van der Waals surface area (Å²) in [6, 6.07) is 8.65. The topological polar surface area (TPSA) is 81.0 Å². The maximum absolute atomic E-state index is 8.88. The van der Waals surface area contributed by atoms with Crippen molar-refractivity contribution in [2.45, 2.75) is 19.3 Å². The van der Waals surface area contributed by atoms with Crippen LogP contribution >= 0.6 is 19.6 Å². The Hall–Kier alpha value is -0.420. The number of benzene rings is 1. The van der Waals surface area contributed by atoms with Gasteiger partial charge in [0, 0.05) is 13.1 Å². The van der Waals surface area contributed by atoms with Crippen LogP contribution in [-0.2, 0) is 11.0 Å². The maximum Gasteiger partial charge on any atom is 0.466 e. The number of rotatable bonds is 0. The van der Waals surface area contributed by atoms with E-state index in [2.05, 4.69) is 31.2 Å². The zero-order chi connectivity index (χ0) is 13.8. The molecule has 1 aliphatic rings. The van der Waals surface area contributed by atoms with E-state index in [0.29, 0.717) is 5.92 Å². The van der Waals surface area contributed by atoms with E-state index in [4.69, 9.17) is 31.0 Å². The molecule has 1 unspecified atom stereocenters. The minimum Gasteiger partial charge on any atom is -0.303 e. The molecule has 18 heavy (non-hydrogen) atoms. The van der Waals surface area contributed by atoms with E-state index in [1.54, 1.807) is 0 Å². The Morgan fingerprint density at radius 2 is 1.89 bits per heavy atom. The Kier molecular flexibility index (Phi) is 5.79. The second-order valence-corrected chi connectivity index (χ2v) is 5.74. The highest BCUT2D eigenvalue weighted by Crippen LogP contribution is 2.26. The summed E-state index contributed by atoms with van der Waals surface area (Å²) in [5, 5.41) is 0. The van der Waals surface area contributed by atoms with Gasteiger partial charge in [0.05, 0.1) is 0 Å². The monoisotopic (exact) mass is 293 g/mol. The van der Waals surface area contributed by atoms with Crippen LogP contribution in [0.1, 0.15) is 24.0 Å². The molecule has 0 radical (unpaired) electrons. The number of fused-ring (bicyclic) bond motifs is 1. The van der Waals surface area contributed by atoms with Crippen LogP contribution in [0.3, 0.4) is 0 Å². The lowest BCUT2D eigenvalue weighted by molar-refractivity contribution is 0.275. The molecule has 0 spiro atoms. The van der Waals surface area contributed by atoms with Crippen LogP contribution in [0.25, 0.3) is 0 Å². The highest BCUT2D eigenvalue weighted by molar-refractivity contribution is 7.45. The highest BCUT2D eigenvalue weighted by atomic mass is 35.5. The average molecular weight is 294 g/mol. The van der Waals surface area contributed by atoms with Crippen molar-refractivity contribution in [2.75, 3.05) is 13.1 Å². The summed E-state index contributed by atoms with van der Waals surface area (Å²) in [5.41, 5.74) is 2.92. The van der Waals surface area contributed by atoms with Crippen LogP contribution in [-0.4, -0.2) is 32.2 Å². The van der Waals surface area contributed by atoms with Crippen LogP contribution in [0, 0.1) is 0 Å². The summed E-state index contributed by atoms with van der Waals surface area (Å²) in [4.78, 5) is 21.6. The Balaban J connectivity index is 0.000000280. The quantitative estimate of drug-likeness (QED) is 0.502. The molecular weight excluding hydrogens is 277 g/mol. The summed E-state index contributed by atoms with van der Waals surface area (Å²) in [6.07, 6.45) is 1.07. The van der Waals surface area contributed by atoms with Crippen LogP contribution in [0.5, 0.6) is 0 Å². The van der Waals surface area contributed by atoms with E-state index >= 15 is 0 Å². The Labute approximate surface area is 111 Å². The summed E-state index contributed by atoms with van der Waals surface area (Å²) < 4.78 is 10.8. The minimum absolute atomic E-state index is 0.552. The molecule has 0 saturated heterocycles. The number of hydrogen-bond donors (Lipinski definition) is 3. The molecule has 1 aliphatic heterocycles. The van der Waals surface area contributed by atoms with Crippen molar-refractivity contribution in [1.82, 2.24) is 4.42 Å². The molecule has 5 nitrogen and oxygen atoms in total. The number of hydrogen-bond acceptors (Lipinski definition) is 2. The zero-order valence-corrected chi connectivity index (χ0v) is 11.7. The number of nitrogens with zero attached hydrogens (tertiary/aromatic N) is 1. The van der Waals surface area contributed by atoms with Crippen molar-refractivity contribution < 1.29 is 19.2 Å². The molecule has 7 heteroatoms. The molecule has 0 saturated carbocycles. The van der Waals surface area contributed by atoms with Gasteiger partial charge in [-0.1, -0.05) is 31.2 Å². The van der Waals surface area contributed by atoms with Gasteiger partial charge in [0.15, 0.2) is 0 Å². The molecule has 2 rings (SSSR count). The van der Waals surface area contributed by atoms with Gasteiger partial charge in [0.1, 0.15) is 0 Å². The van der Waals surface area contributed by atoms with Crippen LogP contribution in [0.4, 0.5) is 0 Å². The molecular formula is C11H17ClNO4P. The van der Waals surface area contributed by atoms with Crippen molar-refractivity contribution in [3.05, 3.63) is 35.4 Å².